The van der Waals surface area contributed by atoms with Crippen molar-refractivity contribution < 1.29 is 14.8 Å². The molecule has 1 heterocycles. The van der Waals surface area contributed by atoms with Crippen molar-refractivity contribution in [2.75, 3.05) is 24.7 Å². The quantitative estimate of drug-likeness (QED) is 0.644. The zero-order chi connectivity index (χ0) is 15.4. The second-order valence-electron chi connectivity index (χ2n) is 5.47. The fourth-order valence-corrected chi connectivity index (χ4v) is 2.77. The van der Waals surface area contributed by atoms with Gasteiger partial charge in [0.25, 0.3) is 0 Å². The third-order valence-electron chi connectivity index (χ3n) is 4.00. The molecule has 0 saturated carbocycles. The summed E-state index contributed by atoms with van der Waals surface area (Å²) >= 11 is 0. The number of aliphatic hydroxyl groups excluding tert-OH is 1. The number of nitrogens with zero attached hydrogens (tertiary/aromatic N) is 2. The van der Waals surface area contributed by atoms with Crippen LogP contribution in [0.1, 0.15) is 26.7 Å². The van der Waals surface area contributed by atoms with E-state index in [9.17, 15) is 15.2 Å². The van der Waals surface area contributed by atoms with Crippen molar-refractivity contribution in [3.8, 4) is 5.75 Å². The van der Waals surface area contributed by atoms with Gasteiger partial charge in [0.2, 0.25) is 0 Å². The molecule has 21 heavy (non-hydrogen) atoms. The van der Waals surface area contributed by atoms with Gasteiger partial charge in [-0.15, -0.1) is 0 Å². The fourth-order valence-electron chi connectivity index (χ4n) is 2.77. The van der Waals surface area contributed by atoms with Crippen LogP contribution in [-0.2, 0) is 0 Å². The van der Waals surface area contributed by atoms with Gasteiger partial charge in [-0.2, -0.15) is 0 Å². The molecule has 6 nitrogen and oxygen atoms in total. The number of hydrogen-bond donors (Lipinski definition) is 1. The van der Waals surface area contributed by atoms with E-state index in [1.165, 1.54) is 6.07 Å². The summed E-state index contributed by atoms with van der Waals surface area (Å²) in [6, 6.07) is 5.00. The van der Waals surface area contributed by atoms with Gasteiger partial charge in [0, 0.05) is 24.4 Å². The van der Waals surface area contributed by atoms with Crippen LogP contribution < -0.4 is 9.64 Å². The van der Waals surface area contributed by atoms with Crippen LogP contribution in [0.4, 0.5) is 11.4 Å². The number of hydrogen-bond acceptors (Lipinski definition) is 5. The zero-order valence-electron chi connectivity index (χ0n) is 12.5. The van der Waals surface area contributed by atoms with Crippen LogP contribution in [0.3, 0.4) is 0 Å². The molecule has 0 amide bonds. The molecule has 0 bridgehead atoms. The van der Waals surface area contributed by atoms with Crippen LogP contribution in [0.15, 0.2) is 18.2 Å². The second-order valence-corrected chi connectivity index (χ2v) is 5.47. The highest BCUT2D eigenvalue weighted by molar-refractivity contribution is 5.60. The minimum atomic E-state index is -0.426. The first-order chi connectivity index (χ1) is 10.1. The second kappa shape index (κ2) is 6.76. The number of nitro benzene ring substituents is 1. The maximum absolute atomic E-state index is 11.1. The van der Waals surface area contributed by atoms with Gasteiger partial charge in [-0.3, -0.25) is 10.1 Å². The monoisotopic (exact) mass is 294 g/mol. The summed E-state index contributed by atoms with van der Waals surface area (Å²) < 4.78 is 5.51. The SMILES string of the molecule is CCCOc1cc(N2CCC(C)C2CO)ccc1[N+](=O)[O-]. The normalized spacial score (nSPS) is 21.6. The lowest BCUT2D eigenvalue weighted by molar-refractivity contribution is -0.385. The van der Waals surface area contributed by atoms with Crippen molar-refractivity contribution in [2.24, 2.45) is 5.92 Å². The van der Waals surface area contributed by atoms with Gasteiger partial charge < -0.3 is 14.7 Å². The lowest BCUT2D eigenvalue weighted by Crippen LogP contribution is -2.35. The molecule has 1 aromatic rings. The Morgan fingerprint density at radius 3 is 2.90 bits per heavy atom. The predicted molar refractivity (Wildman–Crippen MR) is 80.9 cm³/mol. The molecule has 2 unspecified atom stereocenters. The molecular formula is C15H22N2O4. The summed E-state index contributed by atoms with van der Waals surface area (Å²) in [5, 5.41) is 20.6. The van der Waals surface area contributed by atoms with Gasteiger partial charge in [0.15, 0.2) is 5.75 Å². The van der Waals surface area contributed by atoms with Gasteiger partial charge in [0.05, 0.1) is 24.2 Å². The first-order valence-electron chi connectivity index (χ1n) is 7.37. The van der Waals surface area contributed by atoms with Crippen molar-refractivity contribution in [1.29, 1.82) is 0 Å². The van der Waals surface area contributed by atoms with E-state index in [2.05, 4.69) is 11.8 Å². The van der Waals surface area contributed by atoms with E-state index >= 15 is 0 Å². The van der Waals surface area contributed by atoms with Gasteiger partial charge in [-0.1, -0.05) is 13.8 Å². The van der Waals surface area contributed by atoms with Gasteiger partial charge >= 0.3 is 5.69 Å². The van der Waals surface area contributed by atoms with Crippen LogP contribution in [0, 0.1) is 16.0 Å². The molecule has 2 atom stereocenters. The molecule has 1 aliphatic rings. The Labute approximate surface area is 124 Å². The molecule has 0 aliphatic carbocycles. The van der Waals surface area contributed by atoms with Crippen molar-refractivity contribution >= 4 is 11.4 Å². The summed E-state index contributed by atoms with van der Waals surface area (Å²) in [6.07, 6.45) is 1.80. The van der Waals surface area contributed by atoms with Crippen molar-refractivity contribution in [2.45, 2.75) is 32.7 Å². The molecule has 0 radical (unpaired) electrons. The van der Waals surface area contributed by atoms with Crippen LogP contribution in [0.5, 0.6) is 5.75 Å². The Kier molecular flexibility index (Phi) is 5.01. The first kappa shape index (κ1) is 15.6. The van der Waals surface area contributed by atoms with Crippen LogP contribution in [0.2, 0.25) is 0 Å². The molecular weight excluding hydrogens is 272 g/mol. The van der Waals surface area contributed by atoms with Crippen molar-refractivity contribution in [3.63, 3.8) is 0 Å². The Bertz CT molecular complexity index is 506. The molecule has 1 fully saturated rings. The van der Waals surface area contributed by atoms with Crippen LogP contribution in [-0.4, -0.2) is 35.8 Å². The van der Waals surface area contributed by atoms with Crippen molar-refractivity contribution in [1.82, 2.24) is 0 Å². The summed E-state index contributed by atoms with van der Waals surface area (Å²) in [6.45, 7) is 5.45. The number of rotatable bonds is 6. The predicted octanol–water partition coefficient (Wildman–Crippen LogP) is 2.59. The van der Waals surface area contributed by atoms with E-state index in [4.69, 9.17) is 4.74 Å². The molecule has 0 spiro atoms. The van der Waals surface area contributed by atoms with Gasteiger partial charge in [0.1, 0.15) is 0 Å². The Hall–Kier alpha value is -1.82. The van der Waals surface area contributed by atoms with Crippen molar-refractivity contribution in [3.05, 3.63) is 28.3 Å². The molecule has 116 valence electrons. The molecule has 6 heteroatoms. The number of anilines is 1. The molecule has 0 aromatic heterocycles. The third-order valence-corrected chi connectivity index (χ3v) is 4.00. The molecule has 1 aliphatic heterocycles. The highest BCUT2D eigenvalue weighted by Gasteiger charge is 2.31. The molecule has 2 rings (SSSR count). The van der Waals surface area contributed by atoms with E-state index < -0.39 is 4.92 Å². The minimum Gasteiger partial charge on any atom is -0.487 e. The lowest BCUT2D eigenvalue weighted by atomic mass is 10.0. The number of ether oxygens (including phenoxy) is 1. The maximum atomic E-state index is 11.1. The highest BCUT2D eigenvalue weighted by Crippen LogP contribution is 2.36. The van der Waals surface area contributed by atoms with E-state index in [1.54, 1.807) is 12.1 Å². The Balaban J connectivity index is 2.30. The topological polar surface area (TPSA) is 75.8 Å². The number of benzene rings is 1. The summed E-state index contributed by atoms with van der Waals surface area (Å²) in [7, 11) is 0. The Morgan fingerprint density at radius 2 is 2.29 bits per heavy atom. The maximum Gasteiger partial charge on any atom is 0.311 e. The molecule has 1 aromatic carbocycles. The fraction of sp³-hybridized carbons (Fsp3) is 0.600. The lowest BCUT2D eigenvalue weighted by Gasteiger charge is -2.27. The van der Waals surface area contributed by atoms with Gasteiger partial charge in [-0.05, 0) is 24.8 Å². The molecule has 1 saturated heterocycles. The summed E-state index contributed by atoms with van der Waals surface area (Å²) in [5.41, 5.74) is 0.857. The van der Waals surface area contributed by atoms with E-state index in [0.29, 0.717) is 18.3 Å². The zero-order valence-corrected chi connectivity index (χ0v) is 12.5. The molecule has 1 N–H and O–H groups in total. The highest BCUT2D eigenvalue weighted by atomic mass is 16.6. The van der Waals surface area contributed by atoms with E-state index in [0.717, 1.165) is 25.1 Å². The summed E-state index contributed by atoms with van der Waals surface area (Å²) in [4.78, 5) is 12.7. The van der Waals surface area contributed by atoms with Gasteiger partial charge in [-0.25, -0.2) is 0 Å². The largest absolute Gasteiger partial charge is 0.487 e. The summed E-state index contributed by atoms with van der Waals surface area (Å²) in [5.74, 6) is 0.709. The Morgan fingerprint density at radius 1 is 1.52 bits per heavy atom. The minimum absolute atomic E-state index is 0.0139. The standard InChI is InChI=1S/C15H22N2O4/c1-3-8-21-15-9-12(4-5-13(15)17(19)20)16-7-6-11(2)14(16)10-18/h4-5,9,11,14,18H,3,6-8,10H2,1-2H3. The third kappa shape index (κ3) is 3.26. The van der Waals surface area contributed by atoms with E-state index in [1.807, 2.05) is 6.92 Å². The van der Waals surface area contributed by atoms with E-state index in [-0.39, 0.29) is 18.3 Å². The number of aliphatic hydroxyl groups is 1. The first-order valence-corrected chi connectivity index (χ1v) is 7.37. The average Bonchev–Trinajstić information content (AvgIpc) is 2.85. The average molecular weight is 294 g/mol. The van der Waals surface area contributed by atoms with Crippen LogP contribution >= 0.6 is 0 Å². The van der Waals surface area contributed by atoms with Crippen LogP contribution in [0.25, 0.3) is 0 Å². The smallest absolute Gasteiger partial charge is 0.311 e. The number of nitro groups is 1.